The van der Waals surface area contributed by atoms with Gasteiger partial charge in [-0.1, -0.05) is 23.9 Å². The van der Waals surface area contributed by atoms with Gasteiger partial charge >= 0.3 is 0 Å². The summed E-state index contributed by atoms with van der Waals surface area (Å²) in [7, 11) is 0. The van der Waals surface area contributed by atoms with E-state index in [0.717, 1.165) is 11.0 Å². The molecule has 0 saturated heterocycles. The van der Waals surface area contributed by atoms with Crippen LogP contribution in [0.3, 0.4) is 0 Å². The first-order valence-electron chi connectivity index (χ1n) is 8.43. The van der Waals surface area contributed by atoms with Gasteiger partial charge in [0.25, 0.3) is 0 Å². The van der Waals surface area contributed by atoms with Crippen molar-refractivity contribution in [2.45, 2.75) is 24.3 Å². The molecule has 0 bridgehead atoms. The number of thioether (sulfide) groups is 1. The minimum Gasteiger partial charge on any atom is -0.325 e. The van der Waals surface area contributed by atoms with E-state index < -0.39 is 0 Å². The van der Waals surface area contributed by atoms with Gasteiger partial charge in [-0.05, 0) is 50.2 Å². The van der Waals surface area contributed by atoms with Gasteiger partial charge in [-0.3, -0.25) is 14.0 Å². The minimum atomic E-state index is -0.370. The van der Waals surface area contributed by atoms with E-state index in [-0.39, 0.29) is 16.9 Å². The third kappa shape index (κ3) is 3.31. The van der Waals surface area contributed by atoms with E-state index in [1.807, 2.05) is 35.6 Å². The van der Waals surface area contributed by atoms with E-state index in [9.17, 15) is 9.59 Å². The number of carbonyl (C=O) groups excluding carboxylic acids is 2. The molecule has 0 unspecified atom stereocenters. The summed E-state index contributed by atoms with van der Waals surface area (Å²) < 4.78 is 1.91. The van der Waals surface area contributed by atoms with Crippen LogP contribution in [0.25, 0.3) is 16.8 Å². The minimum absolute atomic E-state index is 0.00749. The number of aromatic amines is 1. The van der Waals surface area contributed by atoms with Gasteiger partial charge in [-0.25, -0.2) is 10.1 Å². The maximum absolute atomic E-state index is 12.5. The molecule has 4 aromatic rings. The zero-order chi connectivity index (χ0) is 19.0. The number of nitrogens with one attached hydrogen (secondary N) is 2. The quantitative estimate of drug-likeness (QED) is 0.409. The number of amides is 1. The number of carbonyl (C=O) groups is 2. The van der Waals surface area contributed by atoms with Crippen molar-refractivity contribution in [3.63, 3.8) is 0 Å². The van der Waals surface area contributed by atoms with Gasteiger partial charge in [0, 0.05) is 11.3 Å². The Labute approximate surface area is 159 Å². The Kier molecular flexibility index (Phi) is 4.41. The van der Waals surface area contributed by atoms with Gasteiger partial charge in [0.1, 0.15) is 0 Å². The van der Waals surface area contributed by atoms with Gasteiger partial charge in [0.05, 0.1) is 16.3 Å². The predicted molar refractivity (Wildman–Crippen MR) is 105 cm³/mol. The second-order valence-electron chi connectivity index (χ2n) is 6.15. The van der Waals surface area contributed by atoms with Crippen LogP contribution >= 0.6 is 11.8 Å². The maximum atomic E-state index is 12.5. The number of hydrogen-bond acceptors (Lipinski definition) is 5. The van der Waals surface area contributed by atoms with Crippen LogP contribution in [0.4, 0.5) is 5.69 Å². The Balaban J connectivity index is 1.51. The van der Waals surface area contributed by atoms with Gasteiger partial charge in [-0.2, -0.15) is 0 Å². The van der Waals surface area contributed by atoms with E-state index in [0.29, 0.717) is 22.2 Å². The van der Waals surface area contributed by atoms with Crippen molar-refractivity contribution in [1.82, 2.24) is 19.6 Å². The van der Waals surface area contributed by atoms with Crippen LogP contribution in [0.5, 0.6) is 0 Å². The molecule has 2 N–H and O–H groups in total. The molecule has 8 heteroatoms. The lowest BCUT2D eigenvalue weighted by Crippen LogP contribution is -2.22. The monoisotopic (exact) mass is 379 g/mol. The maximum Gasteiger partial charge on any atom is 0.237 e. The van der Waals surface area contributed by atoms with E-state index in [1.54, 1.807) is 24.3 Å². The van der Waals surface area contributed by atoms with E-state index in [4.69, 9.17) is 0 Å². The summed E-state index contributed by atoms with van der Waals surface area (Å²) in [6, 6.07) is 14.6. The Morgan fingerprint density at radius 1 is 1.15 bits per heavy atom. The standard InChI is InChI=1S/C19H17N5O2S/c1-11(25)13-7-9-14(10-8-13)20-17(26)12(2)27-19-23-22-18-21-15-5-3-4-6-16(15)24(18)19/h3-10,12H,1-2H3,(H,20,26)(H,21,22)/t12-/m1/s1. The van der Waals surface area contributed by atoms with Crippen LogP contribution in [-0.2, 0) is 4.79 Å². The summed E-state index contributed by atoms with van der Waals surface area (Å²) >= 11 is 1.35. The lowest BCUT2D eigenvalue weighted by Gasteiger charge is -2.11. The first kappa shape index (κ1) is 17.3. The smallest absolute Gasteiger partial charge is 0.237 e. The molecule has 0 fully saturated rings. The highest BCUT2D eigenvalue weighted by Gasteiger charge is 2.19. The summed E-state index contributed by atoms with van der Waals surface area (Å²) in [5.41, 5.74) is 3.07. The van der Waals surface area contributed by atoms with E-state index in [1.165, 1.54) is 18.7 Å². The van der Waals surface area contributed by atoms with Crippen molar-refractivity contribution in [3.8, 4) is 0 Å². The first-order chi connectivity index (χ1) is 13.0. The second-order valence-corrected chi connectivity index (χ2v) is 7.46. The molecule has 2 aromatic heterocycles. The van der Waals surface area contributed by atoms with Gasteiger partial charge in [0.2, 0.25) is 11.7 Å². The van der Waals surface area contributed by atoms with Crippen LogP contribution in [-0.4, -0.2) is 36.5 Å². The predicted octanol–water partition coefficient (Wildman–Crippen LogP) is 3.53. The molecular weight excluding hydrogens is 362 g/mol. The van der Waals surface area contributed by atoms with Crippen molar-refractivity contribution >= 4 is 46.0 Å². The first-order valence-corrected chi connectivity index (χ1v) is 9.31. The lowest BCUT2D eigenvalue weighted by atomic mass is 10.1. The molecule has 0 aliphatic heterocycles. The molecule has 136 valence electrons. The number of aromatic nitrogens is 4. The number of benzene rings is 2. The fourth-order valence-electron chi connectivity index (χ4n) is 2.77. The van der Waals surface area contributed by atoms with Crippen molar-refractivity contribution < 1.29 is 9.59 Å². The normalized spacial score (nSPS) is 12.4. The van der Waals surface area contributed by atoms with Crippen LogP contribution in [0.2, 0.25) is 0 Å². The number of Topliss-reactive ketones (excluding diaryl/α,β-unsaturated/α-hetero) is 1. The summed E-state index contributed by atoms with van der Waals surface area (Å²) in [6.45, 7) is 3.33. The highest BCUT2D eigenvalue weighted by Crippen LogP contribution is 2.26. The summed E-state index contributed by atoms with van der Waals surface area (Å²) in [5, 5.41) is 10.4. The van der Waals surface area contributed by atoms with Gasteiger partial charge in [0.15, 0.2) is 10.9 Å². The number of H-pyrrole nitrogens is 1. The van der Waals surface area contributed by atoms with Crippen molar-refractivity contribution in [2.24, 2.45) is 0 Å². The molecular formula is C19H17N5O2S. The highest BCUT2D eigenvalue weighted by atomic mass is 32.2. The Bertz CT molecular complexity index is 1150. The molecule has 1 atom stereocenters. The number of rotatable bonds is 5. The zero-order valence-electron chi connectivity index (χ0n) is 14.8. The molecule has 2 heterocycles. The van der Waals surface area contributed by atoms with Crippen LogP contribution in [0.1, 0.15) is 24.2 Å². The van der Waals surface area contributed by atoms with Crippen molar-refractivity contribution in [2.75, 3.05) is 5.32 Å². The average molecular weight is 379 g/mol. The molecule has 7 nitrogen and oxygen atoms in total. The number of fused-ring (bicyclic) bond motifs is 3. The van der Waals surface area contributed by atoms with Crippen molar-refractivity contribution in [1.29, 1.82) is 0 Å². The average Bonchev–Trinajstić information content (AvgIpc) is 3.22. The number of anilines is 1. The molecule has 4 rings (SSSR count). The molecule has 0 aliphatic rings. The number of imidazole rings is 1. The van der Waals surface area contributed by atoms with Crippen molar-refractivity contribution in [3.05, 3.63) is 54.1 Å². The lowest BCUT2D eigenvalue weighted by molar-refractivity contribution is -0.115. The van der Waals surface area contributed by atoms with Crippen LogP contribution in [0.15, 0.2) is 53.7 Å². The molecule has 27 heavy (non-hydrogen) atoms. The molecule has 0 saturated carbocycles. The van der Waals surface area contributed by atoms with Crippen LogP contribution in [0, 0.1) is 0 Å². The summed E-state index contributed by atoms with van der Waals surface area (Å²) in [5.74, 6) is 0.495. The largest absolute Gasteiger partial charge is 0.325 e. The number of para-hydroxylation sites is 2. The van der Waals surface area contributed by atoms with Gasteiger partial charge in [-0.15, -0.1) is 5.10 Å². The Morgan fingerprint density at radius 3 is 2.63 bits per heavy atom. The molecule has 0 spiro atoms. The topological polar surface area (TPSA) is 92.1 Å². The highest BCUT2D eigenvalue weighted by molar-refractivity contribution is 8.00. The Morgan fingerprint density at radius 2 is 1.89 bits per heavy atom. The molecule has 0 radical (unpaired) electrons. The molecule has 1 amide bonds. The second kappa shape index (κ2) is 6.88. The zero-order valence-corrected chi connectivity index (χ0v) is 15.6. The van der Waals surface area contributed by atoms with Crippen LogP contribution < -0.4 is 5.32 Å². The third-order valence-electron chi connectivity index (χ3n) is 4.21. The van der Waals surface area contributed by atoms with E-state index >= 15 is 0 Å². The van der Waals surface area contributed by atoms with E-state index in [2.05, 4.69) is 20.5 Å². The van der Waals surface area contributed by atoms with Gasteiger partial charge < -0.3 is 5.32 Å². The Hall–Kier alpha value is -3.13. The fourth-order valence-corrected chi connectivity index (χ4v) is 3.64. The number of hydrogen-bond donors (Lipinski definition) is 2. The fraction of sp³-hybridized carbons (Fsp3) is 0.158. The molecule has 2 aromatic carbocycles. The third-order valence-corrected chi connectivity index (χ3v) is 5.27. The SMILES string of the molecule is CC(=O)c1ccc(NC(=O)[C@@H](C)Sc2n[nH]c3nc4ccccc4n23)cc1. The summed E-state index contributed by atoms with van der Waals surface area (Å²) in [4.78, 5) is 28.4. The molecule has 0 aliphatic carbocycles. The summed E-state index contributed by atoms with van der Waals surface area (Å²) in [6.07, 6.45) is 0. The number of ketones is 1. The number of nitrogens with zero attached hydrogens (tertiary/aromatic N) is 3.